The molecule has 0 atom stereocenters. The molecule has 0 aromatic heterocycles. The molecule has 212 valence electrons. The third-order valence-corrected chi connectivity index (χ3v) is 9.53. The molecule has 0 spiro atoms. The Morgan fingerprint density at radius 1 is 0.875 bits per heavy atom. The minimum Gasteiger partial charge on any atom is -0.394 e. The smallest absolute Gasteiger partial charge is 0.255 e. The van der Waals surface area contributed by atoms with Crippen molar-refractivity contribution in [3.8, 4) is 11.8 Å². The van der Waals surface area contributed by atoms with Crippen LogP contribution in [0.25, 0.3) is 0 Å². The van der Waals surface area contributed by atoms with Gasteiger partial charge in [0.2, 0.25) is 0 Å². The molecule has 1 amide bonds. The fourth-order valence-corrected chi connectivity index (χ4v) is 7.86. The lowest BCUT2D eigenvalue weighted by Crippen LogP contribution is -2.46. The number of carbonyl (C=O) groups excluding carboxylic acids is 1. The van der Waals surface area contributed by atoms with Gasteiger partial charge in [0.05, 0.1) is 19.8 Å². The van der Waals surface area contributed by atoms with Crippen LogP contribution in [0.15, 0.2) is 48.5 Å². The number of rotatable bonds is 9. The molecular weight excluding hydrogens is 498 g/mol. The number of ether oxygens (including phenoxy) is 1. The molecular formula is C34H43N3O3. The summed E-state index contributed by atoms with van der Waals surface area (Å²) in [6.45, 7) is 7.05. The van der Waals surface area contributed by atoms with Crippen LogP contribution in [0.4, 0.5) is 5.69 Å². The number of nitrogens with one attached hydrogen (secondary N) is 1. The van der Waals surface area contributed by atoms with Gasteiger partial charge in [0.1, 0.15) is 0 Å². The molecule has 4 aliphatic carbocycles. The number of benzene rings is 2. The minimum atomic E-state index is -0.0871. The van der Waals surface area contributed by atoms with Gasteiger partial charge < -0.3 is 15.2 Å². The molecule has 1 aliphatic heterocycles. The average molecular weight is 542 g/mol. The lowest BCUT2D eigenvalue weighted by Gasteiger charge is -2.54. The van der Waals surface area contributed by atoms with E-state index in [1.807, 2.05) is 36.4 Å². The number of aliphatic hydroxyl groups excluding tert-OH is 1. The van der Waals surface area contributed by atoms with E-state index in [-0.39, 0.29) is 17.9 Å². The molecule has 5 aliphatic rings. The first kappa shape index (κ1) is 27.5. The second-order valence-electron chi connectivity index (χ2n) is 12.6. The molecule has 6 heteroatoms. The zero-order valence-corrected chi connectivity index (χ0v) is 23.6. The average Bonchev–Trinajstić information content (AvgIpc) is 2.96. The maximum Gasteiger partial charge on any atom is 0.255 e. The summed E-state index contributed by atoms with van der Waals surface area (Å²) in [6, 6.07) is 16.0. The molecule has 2 N–H and O–H groups in total. The van der Waals surface area contributed by atoms with Gasteiger partial charge in [0, 0.05) is 61.5 Å². The predicted molar refractivity (Wildman–Crippen MR) is 158 cm³/mol. The van der Waals surface area contributed by atoms with Crippen molar-refractivity contribution >= 4 is 11.6 Å². The molecule has 40 heavy (non-hydrogen) atoms. The number of anilines is 1. The van der Waals surface area contributed by atoms with Gasteiger partial charge in [-0.15, -0.1) is 0 Å². The van der Waals surface area contributed by atoms with E-state index in [0.717, 1.165) is 68.3 Å². The maximum absolute atomic E-state index is 12.9. The summed E-state index contributed by atoms with van der Waals surface area (Å²) in [5, 5.41) is 11.8. The predicted octanol–water partition coefficient (Wildman–Crippen LogP) is 4.63. The van der Waals surface area contributed by atoms with Crippen LogP contribution in [-0.2, 0) is 11.3 Å². The molecule has 4 bridgehead atoms. The quantitative estimate of drug-likeness (QED) is 0.358. The van der Waals surface area contributed by atoms with Crippen molar-refractivity contribution < 1.29 is 14.6 Å². The number of amides is 1. The number of hydrogen-bond donors (Lipinski definition) is 2. The SMILES string of the molecule is O=C(Nc1ccc(C#CC23CC4CC(CC(C4)C2)C3)cc1)c1ccc(CN2CCN(CCOCCO)CC2)cc1. The lowest BCUT2D eigenvalue weighted by atomic mass is 9.50. The zero-order chi connectivity index (χ0) is 27.4. The Morgan fingerprint density at radius 3 is 2.12 bits per heavy atom. The molecule has 2 aromatic rings. The van der Waals surface area contributed by atoms with Crippen LogP contribution < -0.4 is 5.32 Å². The monoisotopic (exact) mass is 541 g/mol. The van der Waals surface area contributed by atoms with E-state index in [4.69, 9.17) is 9.84 Å². The van der Waals surface area contributed by atoms with Crippen LogP contribution in [0.5, 0.6) is 0 Å². The number of carbonyl (C=O) groups is 1. The Kier molecular flexibility index (Phi) is 8.55. The normalized spacial score (nSPS) is 27.8. The van der Waals surface area contributed by atoms with Crippen LogP contribution in [0.3, 0.4) is 0 Å². The fraction of sp³-hybridized carbons (Fsp3) is 0.559. The van der Waals surface area contributed by atoms with Gasteiger partial charge >= 0.3 is 0 Å². The van der Waals surface area contributed by atoms with E-state index >= 15 is 0 Å². The molecule has 6 nitrogen and oxygen atoms in total. The van der Waals surface area contributed by atoms with Crippen LogP contribution >= 0.6 is 0 Å². The Morgan fingerprint density at radius 2 is 1.50 bits per heavy atom. The highest BCUT2D eigenvalue weighted by Crippen LogP contribution is 2.59. The van der Waals surface area contributed by atoms with Gasteiger partial charge in [-0.05, 0) is 98.2 Å². The van der Waals surface area contributed by atoms with Gasteiger partial charge in [-0.1, -0.05) is 24.0 Å². The highest BCUT2D eigenvalue weighted by atomic mass is 16.5. The standard InChI is InChI=1S/C34H43N3O3/c38-16-18-40-17-15-36-11-13-37(14-12-36)25-27-1-5-31(6-2-27)33(39)35-32-7-3-26(4-8-32)9-10-34-22-28-19-29(23-34)21-30(20-28)24-34/h1-8,28-30,38H,11-25H2,(H,35,39). The Labute approximate surface area is 239 Å². The first-order valence-electron chi connectivity index (χ1n) is 15.2. The lowest BCUT2D eigenvalue weighted by molar-refractivity contribution is -0.0181. The molecule has 2 aromatic carbocycles. The second kappa shape index (κ2) is 12.4. The van der Waals surface area contributed by atoms with Crippen molar-refractivity contribution in [3.05, 3.63) is 65.2 Å². The molecule has 0 unspecified atom stereocenters. The van der Waals surface area contributed by atoms with Crippen molar-refractivity contribution in [2.24, 2.45) is 23.2 Å². The first-order valence-corrected chi connectivity index (χ1v) is 15.2. The van der Waals surface area contributed by atoms with E-state index < -0.39 is 0 Å². The number of nitrogens with zero attached hydrogens (tertiary/aromatic N) is 2. The van der Waals surface area contributed by atoms with Crippen LogP contribution in [0, 0.1) is 35.0 Å². The van der Waals surface area contributed by atoms with E-state index in [2.05, 4.69) is 39.1 Å². The van der Waals surface area contributed by atoms with Crippen molar-refractivity contribution in [1.82, 2.24) is 9.80 Å². The van der Waals surface area contributed by atoms with E-state index in [1.54, 1.807) is 0 Å². The Hall–Kier alpha value is -2.69. The van der Waals surface area contributed by atoms with Crippen LogP contribution in [0.1, 0.15) is 60.0 Å². The Balaban J connectivity index is 0.964. The summed E-state index contributed by atoms with van der Waals surface area (Å²) in [5.41, 5.74) is 3.99. The first-order chi connectivity index (χ1) is 19.6. The van der Waals surface area contributed by atoms with E-state index in [0.29, 0.717) is 18.8 Å². The highest BCUT2D eigenvalue weighted by molar-refractivity contribution is 6.04. The van der Waals surface area contributed by atoms with Crippen molar-refractivity contribution in [2.75, 3.05) is 57.9 Å². The highest BCUT2D eigenvalue weighted by Gasteiger charge is 2.50. The molecule has 5 fully saturated rings. The molecule has 1 heterocycles. The fourth-order valence-electron chi connectivity index (χ4n) is 7.86. The molecule has 1 saturated heterocycles. The second-order valence-corrected chi connectivity index (χ2v) is 12.6. The summed E-state index contributed by atoms with van der Waals surface area (Å²) < 4.78 is 5.38. The number of hydrogen-bond acceptors (Lipinski definition) is 5. The Bertz CT molecular complexity index is 1170. The van der Waals surface area contributed by atoms with Crippen molar-refractivity contribution in [1.29, 1.82) is 0 Å². The van der Waals surface area contributed by atoms with Crippen LogP contribution in [0.2, 0.25) is 0 Å². The van der Waals surface area contributed by atoms with E-state index in [9.17, 15) is 4.79 Å². The summed E-state index contributed by atoms with van der Waals surface area (Å²) in [5.74, 6) is 9.86. The molecule has 4 saturated carbocycles. The largest absolute Gasteiger partial charge is 0.394 e. The third-order valence-electron chi connectivity index (χ3n) is 9.53. The minimum absolute atomic E-state index is 0.0816. The van der Waals surface area contributed by atoms with Gasteiger partial charge in [-0.3, -0.25) is 14.6 Å². The van der Waals surface area contributed by atoms with Gasteiger partial charge in [-0.25, -0.2) is 0 Å². The summed E-state index contributed by atoms with van der Waals surface area (Å²) in [4.78, 5) is 17.7. The van der Waals surface area contributed by atoms with Crippen molar-refractivity contribution in [3.63, 3.8) is 0 Å². The summed E-state index contributed by atoms with van der Waals surface area (Å²) in [6.07, 6.45) is 8.24. The van der Waals surface area contributed by atoms with Gasteiger partial charge in [0.25, 0.3) is 5.91 Å². The van der Waals surface area contributed by atoms with Crippen LogP contribution in [-0.4, -0.2) is 73.4 Å². The van der Waals surface area contributed by atoms with Gasteiger partial charge in [0.15, 0.2) is 0 Å². The maximum atomic E-state index is 12.9. The molecule has 0 radical (unpaired) electrons. The van der Waals surface area contributed by atoms with Gasteiger partial charge in [-0.2, -0.15) is 0 Å². The number of aliphatic hydroxyl groups is 1. The van der Waals surface area contributed by atoms with Crippen molar-refractivity contribution in [2.45, 2.75) is 45.1 Å². The third kappa shape index (κ3) is 6.78. The zero-order valence-electron chi connectivity index (χ0n) is 23.6. The van der Waals surface area contributed by atoms with E-state index in [1.165, 1.54) is 44.1 Å². The number of piperazine rings is 1. The topological polar surface area (TPSA) is 65.0 Å². The summed E-state index contributed by atoms with van der Waals surface area (Å²) >= 11 is 0. The molecule has 7 rings (SSSR count). The summed E-state index contributed by atoms with van der Waals surface area (Å²) in [7, 11) is 0.